The Bertz CT molecular complexity index is 1090. The third kappa shape index (κ3) is 5.53. The van der Waals surface area contributed by atoms with Gasteiger partial charge in [-0.25, -0.2) is 0 Å². The van der Waals surface area contributed by atoms with Crippen molar-refractivity contribution in [1.29, 1.82) is 0 Å². The van der Waals surface area contributed by atoms with E-state index in [1.165, 1.54) is 17.8 Å². The molecule has 0 unspecified atom stereocenters. The molecule has 2 aromatic carbocycles. The van der Waals surface area contributed by atoms with E-state index in [2.05, 4.69) is 20.8 Å². The van der Waals surface area contributed by atoms with E-state index in [1.807, 2.05) is 31.2 Å². The van der Waals surface area contributed by atoms with Gasteiger partial charge in [0.1, 0.15) is 0 Å². The van der Waals surface area contributed by atoms with Crippen LogP contribution < -0.4 is 10.6 Å². The van der Waals surface area contributed by atoms with Crippen LogP contribution in [0.4, 0.5) is 5.69 Å². The highest BCUT2D eigenvalue weighted by Gasteiger charge is 2.15. The van der Waals surface area contributed by atoms with E-state index >= 15 is 0 Å². The van der Waals surface area contributed by atoms with Gasteiger partial charge in [0.25, 0.3) is 5.91 Å². The van der Waals surface area contributed by atoms with E-state index in [4.69, 9.17) is 23.2 Å². The van der Waals surface area contributed by atoms with Gasteiger partial charge in [-0.3, -0.25) is 9.59 Å². The number of benzene rings is 2. The molecule has 2 amide bonds. The Hall–Kier alpha value is -2.55. The second-order valence-corrected chi connectivity index (χ2v) is 8.20. The molecule has 0 aliphatic carbocycles. The van der Waals surface area contributed by atoms with Crippen LogP contribution in [-0.4, -0.2) is 32.3 Å². The number of anilines is 1. The molecule has 7 nitrogen and oxygen atoms in total. The second-order valence-electron chi connectivity index (χ2n) is 6.42. The van der Waals surface area contributed by atoms with Crippen molar-refractivity contribution in [2.75, 3.05) is 11.1 Å². The SMILES string of the molecule is Cc1ccccc1NC(=O)CSc1nnc(CNC(=O)c2ccc(Cl)cc2Cl)n1C. The lowest BCUT2D eigenvalue weighted by Gasteiger charge is -2.08. The molecule has 3 rings (SSSR count). The largest absolute Gasteiger partial charge is 0.345 e. The Morgan fingerprint density at radius 2 is 1.90 bits per heavy atom. The first kappa shape index (κ1) is 22.1. The van der Waals surface area contributed by atoms with Gasteiger partial charge >= 0.3 is 0 Å². The first-order chi connectivity index (χ1) is 14.3. The van der Waals surface area contributed by atoms with Gasteiger partial charge in [0.15, 0.2) is 11.0 Å². The number of aromatic nitrogens is 3. The quantitative estimate of drug-likeness (QED) is 0.515. The van der Waals surface area contributed by atoms with E-state index in [9.17, 15) is 9.59 Å². The molecule has 1 heterocycles. The number of halogens is 2. The zero-order chi connectivity index (χ0) is 21.7. The number of nitrogens with zero attached hydrogens (tertiary/aromatic N) is 3. The molecule has 0 aliphatic heterocycles. The summed E-state index contributed by atoms with van der Waals surface area (Å²) >= 11 is 13.2. The van der Waals surface area contributed by atoms with Crippen molar-refractivity contribution in [2.45, 2.75) is 18.6 Å². The number of thioether (sulfide) groups is 1. The Kier molecular flexibility index (Phi) is 7.36. The molecular formula is C20H19Cl2N5O2S. The predicted molar refractivity (Wildman–Crippen MR) is 119 cm³/mol. The molecule has 0 spiro atoms. The molecule has 0 saturated heterocycles. The van der Waals surface area contributed by atoms with Gasteiger partial charge in [0, 0.05) is 17.8 Å². The van der Waals surface area contributed by atoms with Crippen LogP contribution in [0, 0.1) is 6.92 Å². The van der Waals surface area contributed by atoms with Crippen LogP contribution in [0.25, 0.3) is 0 Å². The van der Waals surface area contributed by atoms with Crippen LogP contribution in [0.1, 0.15) is 21.7 Å². The maximum Gasteiger partial charge on any atom is 0.253 e. The van der Waals surface area contributed by atoms with Crippen LogP contribution in [0.2, 0.25) is 10.0 Å². The van der Waals surface area contributed by atoms with E-state index in [0.29, 0.717) is 21.6 Å². The molecular weight excluding hydrogens is 445 g/mol. The van der Waals surface area contributed by atoms with Crippen molar-refractivity contribution in [3.63, 3.8) is 0 Å². The van der Waals surface area contributed by atoms with Crippen molar-refractivity contribution in [3.8, 4) is 0 Å². The van der Waals surface area contributed by atoms with Crippen molar-refractivity contribution in [1.82, 2.24) is 20.1 Å². The molecule has 0 radical (unpaired) electrons. The number of carbonyl (C=O) groups is 2. The molecule has 30 heavy (non-hydrogen) atoms. The highest BCUT2D eigenvalue weighted by atomic mass is 35.5. The van der Waals surface area contributed by atoms with Gasteiger partial charge < -0.3 is 15.2 Å². The van der Waals surface area contributed by atoms with Gasteiger partial charge in [-0.2, -0.15) is 0 Å². The van der Waals surface area contributed by atoms with Crippen molar-refractivity contribution in [2.24, 2.45) is 7.05 Å². The molecule has 1 aromatic heterocycles. The average Bonchev–Trinajstić information content (AvgIpc) is 3.06. The molecule has 2 N–H and O–H groups in total. The highest BCUT2D eigenvalue weighted by Crippen LogP contribution is 2.21. The lowest BCUT2D eigenvalue weighted by molar-refractivity contribution is -0.113. The Morgan fingerprint density at radius 3 is 2.63 bits per heavy atom. The summed E-state index contributed by atoms with van der Waals surface area (Å²) in [6.45, 7) is 2.10. The van der Waals surface area contributed by atoms with Crippen molar-refractivity contribution >= 4 is 52.5 Å². The van der Waals surface area contributed by atoms with Crippen LogP contribution in [0.3, 0.4) is 0 Å². The smallest absolute Gasteiger partial charge is 0.253 e. The molecule has 3 aromatic rings. The number of nitrogens with one attached hydrogen (secondary N) is 2. The zero-order valence-electron chi connectivity index (χ0n) is 16.3. The maximum absolute atomic E-state index is 12.3. The summed E-state index contributed by atoms with van der Waals surface area (Å²) in [5.41, 5.74) is 2.10. The molecule has 0 fully saturated rings. The lowest BCUT2D eigenvalue weighted by Crippen LogP contribution is -2.24. The number of carbonyl (C=O) groups excluding carboxylic acids is 2. The predicted octanol–water partition coefficient (Wildman–Crippen LogP) is 4.09. The molecule has 0 atom stereocenters. The van der Waals surface area contributed by atoms with Gasteiger partial charge in [0.05, 0.1) is 22.9 Å². The topological polar surface area (TPSA) is 88.9 Å². The van der Waals surface area contributed by atoms with Crippen molar-refractivity contribution in [3.05, 3.63) is 69.5 Å². The second kappa shape index (κ2) is 9.97. The maximum atomic E-state index is 12.3. The highest BCUT2D eigenvalue weighted by molar-refractivity contribution is 7.99. The first-order valence-corrected chi connectivity index (χ1v) is 10.7. The molecule has 0 saturated carbocycles. The Labute approximate surface area is 188 Å². The molecule has 156 valence electrons. The number of aryl methyl sites for hydroxylation is 1. The fourth-order valence-electron chi connectivity index (χ4n) is 2.58. The number of rotatable bonds is 7. The lowest BCUT2D eigenvalue weighted by atomic mass is 10.2. The van der Waals surface area contributed by atoms with E-state index in [0.717, 1.165) is 11.3 Å². The fraction of sp³-hybridized carbons (Fsp3) is 0.200. The summed E-state index contributed by atoms with van der Waals surface area (Å²) in [7, 11) is 1.78. The van der Waals surface area contributed by atoms with Crippen LogP contribution in [0.15, 0.2) is 47.6 Å². The summed E-state index contributed by atoms with van der Waals surface area (Å²) in [4.78, 5) is 24.5. The minimum Gasteiger partial charge on any atom is -0.345 e. The van der Waals surface area contributed by atoms with Gasteiger partial charge in [0.2, 0.25) is 5.91 Å². The summed E-state index contributed by atoms with van der Waals surface area (Å²) < 4.78 is 1.73. The number of hydrogen-bond acceptors (Lipinski definition) is 5. The van der Waals surface area contributed by atoms with Gasteiger partial charge in [-0.15, -0.1) is 10.2 Å². The first-order valence-electron chi connectivity index (χ1n) is 8.95. The van der Waals surface area contributed by atoms with Crippen molar-refractivity contribution < 1.29 is 9.59 Å². The normalized spacial score (nSPS) is 10.7. The zero-order valence-corrected chi connectivity index (χ0v) is 18.6. The minimum atomic E-state index is -0.341. The molecule has 10 heteroatoms. The molecule has 0 aliphatic rings. The van der Waals surface area contributed by atoms with Gasteiger partial charge in [-0.05, 0) is 36.8 Å². The third-order valence-electron chi connectivity index (χ3n) is 4.26. The Morgan fingerprint density at radius 1 is 1.13 bits per heavy atom. The Balaban J connectivity index is 1.54. The summed E-state index contributed by atoms with van der Waals surface area (Å²) in [6, 6.07) is 12.2. The monoisotopic (exact) mass is 463 g/mol. The van der Waals surface area contributed by atoms with E-state index < -0.39 is 0 Å². The molecule has 0 bridgehead atoms. The third-order valence-corrected chi connectivity index (χ3v) is 5.83. The van der Waals surface area contributed by atoms with E-state index in [-0.39, 0.29) is 29.1 Å². The van der Waals surface area contributed by atoms with E-state index in [1.54, 1.807) is 23.7 Å². The minimum absolute atomic E-state index is 0.135. The summed E-state index contributed by atoms with van der Waals surface area (Å²) in [5.74, 6) is 0.263. The number of amides is 2. The summed E-state index contributed by atoms with van der Waals surface area (Å²) in [6.07, 6.45) is 0. The summed E-state index contributed by atoms with van der Waals surface area (Å²) in [5, 5.41) is 15.1. The fourth-order valence-corrected chi connectivity index (χ4v) is 3.81. The number of hydrogen-bond donors (Lipinski definition) is 2. The van der Waals surface area contributed by atoms with Crippen LogP contribution in [0.5, 0.6) is 0 Å². The standard InChI is InChI=1S/C20H19Cl2N5O2S/c1-12-5-3-4-6-16(12)24-18(28)11-30-20-26-25-17(27(20)2)10-23-19(29)14-8-7-13(21)9-15(14)22/h3-9H,10-11H2,1-2H3,(H,23,29)(H,24,28). The van der Waals surface area contributed by atoms with Crippen LogP contribution in [-0.2, 0) is 18.4 Å². The number of para-hydroxylation sites is 1. The average molecular weight is 464 g/mol. The van der Waals surface area contributed by atoms with Gasteiger partial charge in [-0.1, -0.05) is 53.2 Å². The van der Waals surface area contributed by atoms with Crippen LogP contribution >= 0.6 is 35.0 Å².